The Morgan fingerprint density at radius 1 is 0.962 bits per heavy atom. The predicted molar refractivity (Wildman–Crippen MR) is 104 cm³/mol. The summed E-state index contributed by atoms with van der Waals surface area (Å²) in [6.07, 6.45) is 0.933. The highest BCUT2D eigenvalue weighted by Gasteiger charge is 2.09. The van der Waals surface area contributed by atoms with Gasteiger partial charge in [0.1, 0.15) is 16.9 Å². The number of para-hydroxylation sites is 1. The van der Waals surface area contributed by atoms with Gasteiger partial charge in [0.15, 0.2) is 6.61 Å². The number of aryl methyl sites for hydroxylation is 1. The van der Waals surface area contributed by atoms with Gasteiger partial charge in [0.25, 0.3) is 5.91 Å². The maximum atomic E-state index is 12.2. The minimum atomic E-state index is -0.195. The van der Waals surface area contributed by atoms with Crippen molar-refractivity contribution < 1.29 is 13.9 Å². The highest BCUT2D eigenvalue weighted by atomic mass is 16.5. The molecule has 0 fully saturated rings. The summed E-state index contributed by atoms with van der Waals surface area (Å²) in [5.74, 6) is 0.509. The molecule has 4 heteroatoms. The van der Waals surface area contributed by atoms with Crippen molar-refractivity contribution in [2.24, 2.45) is 0 Å². The molecule has 4 rings (SSSR count). The first-order valence-corrected chi connectivity index (χ1v) is 8.66. The third-order valence-corrected chi connectivity index (χ3v) is 4.34. The van der Waals surface area contributed by atoms with Crippen molar-refractivity contribution in [3.8, 4) is 5.75 Å². The molecule has 0 atom stereocenters. The van der Waals surface area contributed by atoms with Gasteiger partial charge in [0.2, 0.25) is 0 Å². The Morgan fingerprint density at radius 3 is 2.69 bits per heavy atom. The zero-order chi connectivity index (χ0) is 17.9. The second-order valence-corrected chi connectivity index (χ2v) is 6.15. The van der Waals surface area contributed by atoms with Gasteiger partial charge in [0, 0.05) is 16.5 Å². The molecule has 0 aliphatic heterocycles. The van der Waals surface area contributed by atoms with Gasteiger partial charge in [-0.3, -0.25) is 4.79 Å². The molecule has 0 aliphatic carbocycles. The van der Waals surface area contributed by atoms with Crippen LogP contribution in [0.5, 0.6) is 5.75 Å². The van der Waals surface area contributed by atoms with E-state index >= 15 is 0 Å². The number of hydrogen-bond acceptors (Lipinski definition) is 3. The minimum Gasteiger partial charge on any atom is -0.484 e. The van der Waals surface area contributed by atoms with Crippen LogP contribution in [0.2, 0.25) is 0 Å². The second-order valence-electron chi connectivity index (χ2n) is 6.15. The number of benzene rings is 3. The Bertz CT molecular complexity index is 1080. The molecule has 3 aromatic carbocycles. The van der Waals surface area contributed by atoms with Crippen LogP contribution < -0.4 is 10.1 Å². The summed E-state index contributed by atoms with van der Waals surface area (Å²) in [5.41, 5.74) is 3.54. The molecule has 0 radical (unpaired) electrons. The molecule has 0 saturated heterocycles. The first-order chi connectivity index (χ1) is 12.7. The van der Waals surface area contributed by atoms with Gasteiger partial charge in [-0.05, 0) is 48.4 Å². The van der Waals surface area contributed by atoms with Gasteiger partial charge < -0.3 is 14.5 Å². The largest absolute Gasteiger partial charge is 0.484 e. The molecule has 0 aliphatic rings. The van der Waals surface area contributed by atoms with E-state index in [1.54, 1.807) is 0 Å². The summed E-state index contributed by atoms with van der Waals surface area (Å²) in [5, 5.41) is 4.90. The van der Waals surface area contributed by atoms with Gasteiger partial charge >= 0.3 is 0 Å². The predicted octanol–water partition coefficient (Wildman–Crippen LogP) is 5.17. The maximum absolute atomic E-state index is 12.2. The van der Waals surface area contributed by atoms with Crippen molar-refractivity contribution in [3.63, 3.8) is 0 Å². The molecule has 0 saturated carbocycles. The summed E-state index contributed by atoms with van der Waals surface area (Å²) in [6.45, 7) is 2.05. The Labute approximate surface area is 151 Å². The normalized spacial score (nSPS) is 11.0. The van der Waals surface area contributed by atoms with Crippen LogP contribution in [-0.2, 0) is 11.2 Å². The van der Waals surface area contributed by atoms with E-state index in [1.807, 2.05) is 66.7 Å². The number of amides is 1. The van der Waals surface area contributed by atoms with Crippen molar-refractivity contribution in [2.45, 2.75) is 13.3 Å². The number of furan rings is 1. The van der Waals surface area contributed by atoms with Crippen molar-refractivity contribution >= 4 is 33.5 Å². The van der Waals surface area contributed by atoms with Gasteiger partial charge in [-0.15, -0.1) is 0 Å². The van der Waals surface area contributed by atoms with Gasteiger partial charge in [-0.25, -0.2) is 0 Å². The number of carbonyl (C=O) groups is 1. The van der Waals surface area contributed by atoms with Crippen LogP contribution in [0.1, 0.15) is 12.5 Å². The van der Waals surface area contributed by atoms with E-state index in [2.05, 4.69) is 12.2 Å². The number of hydrogen-bond donors (Lipinski definition) is 1. The van der Waals surface area contributed by atoms with Crippen LogP contribution in [0.3, 0.4) is 0 Å². The zero-order valence-electron chi connectivity index (χ0n) is 14.5. The van der Waals surface area contributed by atoms with Crippen LogP contribution in [0.25, 0.3) is 21.9 Å². The number of carbonyl (C=O) groups excluding carboxylic acids is 1. The second kappa shape index (κ2) is 6.92. The Morgan fingerprint density at radius 2 is 1.81 bits per heavy atom. The minimum absolute atomic E-state index is 0.0304. The average molecular weight is 345 g/mol. The molecule has 1 amide bonds. The van der Waals surface area contributed by atoms with E-state index in [-0.39, 0.29) is 12.5 Å². The van der Waals surface area contributed by atoms with Crippen LogP contribution >= 0.6 is 0 Å². The Balaban J connectivity index is 1.47. The van der Waals surface area contributed by atoms with Crippen molar-refractivity contribution in [3.05, 3.63) is 72.3 Å². The molecule has 1 aromatic heterocycles. The maximum Gasteiger partial charge on any atom is 0.262 e. The quantitative estimate of drug-likeness (QED) is 0.543. The fourth-order valence-electron chi connectivity index (χ4n) is 3.00. The lowest BCUT2D eigenvalue weighted by atomic mass is 10.1. The average Bonchev–Trinajstić information content (AvgIpc) is 3.05. The number of rotatable bonds is 5. The summed E-state index contributed by atoms with van der Waals surface area (Å²) >= 11 is 0. The number of anilines is 1. The summed E-state index contributed by atoms with van der Waals surface area (Å²) in [7, 11) is 0. The standard InChI is InChI=1S/C22H19NO3/c1-2-15-6-5-7-17(12-15)25-14-22(24)23-16-10-11-21-19(13-16)18-8-3-4-9-20(18)26-21/h3-13H,2,14H2,1H3,(H,23,24). The van der Waals surface area contributed by atoms with Gasteiger partial charge in [-0.1, -0.05) is 37.3 Å². The molecule has 0 spiro atoms. The van der Waals surface area contributed by atoms with Crippen LogP contribution in [-0.4, -0.2) is 12.5 Å². The van der Waals surface area contributed by atoms with E-state index in [4.69, 9.17) is 9.15 Å². The summed E-state index contributed by atoms with van der Waals surface area (Å²) < 4.78 is 11.4. The summed E-state index contributed by atoms with van der Waals surface area (Å²) in [4.78, 5) is 12.2. The van der Waals surface area contributed by atoms with Crippen LogP contribution in [0.15, 0.2) is 71.1 Å². The first-order valence-electron chi connectivity index (χ1n) is 8.66. The summed E-state index contributed by atoms with van der Waals surface area (Å²) in [6, 6.07) is 21.3. The molecular formula is C22H19NO3. The highest BCUT2D eigenvalue weighted by Crippen LogP contribution is 2.30. The molecule has 1 N–H and O–H groups in total. The zero-order valence-corrected chi connectivity index (χ0v) is 14.5. The molecule has 130 valence electrons. The van der Waals surface area contributed by atoms with Crippen molar-refractivity contribution in [1.82, 2.24) is 0 Å². The molecule has 26 heavy (non-hydrogen) atoms. The van der Waals surface area contributed by atoms with Crippen molar-refractivity contribution in [1.29, 1.82) is 0 Å². The third-order valence-electron chi connectivity index (χ3n) is 4.34. The van der Waals surface area contributed by atoms with Crippen molar-refractivity contribution in [2.75, 3.05) is 11.9 Å². The Kier molecular flexibility index (Phi) is 4.32. The van der Waals surface area contributed by atoms with Crippen LogP contribution in [0, 0.1) is 0 Å². The molecule has 1 heterocycles. The molecule has 4 aromatic rings. The van der Waals surface area contributed by atoms with E-state index in [0.29, 0.717) is 5.75 Å². The molecular weight excluding hydrogens is 326 g/mol. The lowest BCUT2D eigenvalue weighted by molar-refractivity contribution is -0.118. The molecule has 4 nitrogen and oxygen atoms in total. The topological polar surface area (TPSA) is 51.5 Å². The first kappa shape index (κ1) is 16.2. The fraction of sp³-hybridized carbons (Fsp3) is 0.136. The lowest BCUT2D eigenvalue weighted by Gasteiger charge is -2.08. The van der Waals surface area contributed by atoms with E-state index < -0.39 is 0 Å². The smallest absolute Gasteiger partial charge is 0.262 e. The fourth-order valence-corrected chi connectivity index (χ4v) is 3.00. The molecule has 0 unspecified atom stereocenters. The molecule has 0 bridgehead atoms. The number of fused-ring (bicyclic) bond motifs is 3. The number of nitrogens with one attached hydrogen (secondary N) is 1. The third kappa shape index (κ3) is 3.26. The highest BCUT2D eigenvalue weighted by molar-refractivity contribution is 6.07. The Hall–Kier alpha value is -3.27. The monoisotopic (exact) mass is 345 g/mol. The van der Waals surface area contributed by atoms with Gasteiger partial charge in [-0.2, -0.15) is 0 Å². The SMILES string of the molecule is CCc1cccc(OCC(=O)Nc2ccc3oc4ccccc4c3c2)c1. The van der Waals surface area contributed by atoms with Crippen LogP contribution in [0.4, 0.5) is 5.69 Å². The number of ether oxygens (including phenoxy) is 1. The van der Waals surface area contributed by atoms with E-state index in [1.165, 1.54) is 5.56 Å². The van der Waals surface area contributed by atoms with Gasteiger partial charge in [0.05, 0.1) is 0 Å². The lowest BCUT2D eigenvalue weighted by Crippen LogP contribution is -2.20. The van der Waals surface area contributed by atoms with E-state index in [0.717, 1.165) is 34.0 Å². The van der Waals surface area contributed by atoms with E-state index in [9.17, 15) is 4.79 Å².